The number of Topliss-reactive ketones (excluding diaryl/α,β-unsaturated/α-hetero) is 1. The van der Waals surface area contributed by atoms with Crippen LogP contribution in [0.4, 0.5) is 0 Å². The quantitative estimate of drug-likeness (QED) is 0.539. The van der Waals surface area contributed by atoms with Gasteiger partial charge in [-0.1, -0.05) is 23.7 Å². The number of ketones is 1. The average molecular weight is 176 g/mol. The van der Waals surface area contributed by atoms with Crippen molar-refractivity contribution in [3.63, 3.8) is 0 Å². The third-order valence-electron chi connectivity index (χ3n) is 2.02. The van der Waals surface area contributed by atoms with Gasteiger partial charge in [-0.05, 0) is 0 Å². The van der Waals surface area contributed by atoms with Crippen molar-refractivity contribution >= 4 is 30.9 Å². The standard InChI is InChI=1S/C9H9BOS/c10-6-1-2-7-8(11)3-4-12-9(7)5-6/h1-2,5H,3-4,10H2. The fraction of sp³-hybridized carbons (Fsp3) is 0.222. The monoisotopic (exact) mass is 176 g/mol. The van der Waals surface area contributed by atoms with Gasteiger partial charge < -0.3 is 0 Å². The van der Waals surface area contributed by atoms with Gasteiger partial charge in [0.25, 0.3) is 0 Å². The lowest BCUT2D eigenvalue weighted by atomic mass is 9.94. The Morgan fingerprint density at radius 3 is 3.08 bits per heavy atom. The summed E-state index contributed by atoms with van der Waals surface area (Å²) in [6, 6.07) is 6.04. The van der Waals surface area contributed by atoms with Crippen molar-refractivity contribution in [1.82, 2.24) is 0 Å². The molecule has 3 heteroatoms. The molecular weight excluding hydrogens is 167 g/mol. The Labute approximate surface area is 77.0 Å². The Bertz CT molecular complexity index is 335. The Morgan fingerprint density at radius 1 is 1.42 bits per heavy atom. The summed E-state index contributed by atoms with van der Waals surface area (Å²) in [5, 5.41) is 0. The van der Waals surface area contributed by atoms with Crippen molar-refractivity contribution in [2.45, 2.75) is 11.3 Å². The predicted molar refractivity (Wildman–Crippen MR) is 54.3 cm³/mol. The molecule has 0 saturated heterocycles. The van der Waals surface area contributed by atoms with Crippen LogP contribution in [0.15, 0.2) is 23.1 Å². The van der Waals surface area contributed by atoms with Gasteiger partial charge in [-0.3, -0.25) is 4.79 Å². The lowest BCUT2D eigenvalue weighted by molar-refractivity contribution is 0.0985. The molecule has 0 spiro atoms. The molecule has 0 fully saturated rings. The Morgan fingerprint density at radius 2 is 2.25 bits per heavy atom. The van der Waals surface area contributed by atoms with Gasteiger partial charge in [-0.25, -0.2) is 0 Å². The Kier molecular flexibility index (Phi) is 1.97. The van der Waals surface area contributed by atoms with Crippen LogP contribution in [-0.4, -0.2) is 19.4 Å². The van der Waals surface area contributed by atoms with Crippen LogP contribution >= 0.6 is 11.8 Å². The highest BCUT2D eigenvalue weighted by Crippen LogP contribution is 2.28. The van der Waals surface area contributed by atoms with E-state index in [0.717, 1.165) is 16.2 Å². The largest absolute Gasteiger partial charge is 0.294 e. The second-order valence-electron chi connectivity index (χ2n) is 3.02. The van der Waals surface area contributed by atoms with E-state index in [1.807, 2.05) is 12.1 Å². The average Bonchev–Trinajstić information content (AvgIpc) is 2.04. The van der Waals surface area contributed by atoms with E-state index in [2.05, 4.69) is 13.9 Å². The van der Waals surface area contributed by atoms with Crippen LogP contribution in [0.2, 0.25) is 0 Å². The minimum Gasteiger partial charge on any atom is -0.294 e. The van der Waals surface area contributed by atoms with Gasteiger partial charge in [0.05, 0.1) is 0 Å². The molecule has 1 aliphatic heterocycles. The first-order valence-corrected chi connectivity index (χ1v) is 5.02. The summed E-state index contributed by atoms with van der Waals surface area (Å²) in [5.41, 5.74) is 2.15. The van der Waals surface area contributed by atoms with E-state index in [4.69, 9.17) is 0 Å². The van der Waals surface area contributed by atoms with E-state index in [9.17, 15) is 4.79 Å². The normalized spacial score (nSPS) is 15.8. The van der Waals surface area contributed by atoms with Crippen LogP contribution in [0.25, 0.3) is 0 Å². The second-order valence-corrected chi connectivity index (χ2v) is 4.16. The molecule has 0 radical (unpaired) electrons. The maximum atomic E-state index is 11.4. The molecule has 60 valence electrons. The molecule has 0 bridgehead atoms. The van der Waals surface area contributed by atoms with Gasteiger partial charge >= 0.3 is 0 Å². The number of fused-ring (bicyclic) bond motifs is 1. The van der Waals surface area contributed by atoms with E-state index < -0.39 is 0 Å². The van der Waals surface area contributed by atoms with Crippen LogP contribution in [0, 0.1) is 0 Å². The van der Waals surface area contributed by atoms with Crippen LogP contribution in [0.5, 0.6) is 0 Å². The van der Waals surface area contributed by atoms with Gasteiger partial charge in [-0.2, -0.15) is 0 Å². The van der Waals surface area contributed by atoms with Crippen molar-refractivity contribution in [2.24, 2.45) is 0 Å². The highest BCUT2D eigenvalue weighted by atomic mass is 32.2. The van der Waals surface area contributed by atoms with E-state index in [-0.39, 0.29) is 0 Å². The molecule has 0 atom stereocenters. The molecule has 0 N–H and O–H groups in total. The maximum absolute atomic E-state index is 11.4. The van der Waals surface area contributed by atoms with Crippen molar-refractivity contribution in [1.29, 1.82) is 0 Å². The number of hydrogen-bond acceptors (Lipinski definition) is 2. The van der Waals surface area contributed by atoms with Crippen molar-refractivity contribution < 1.29 is 4.79 Å². The van der Waals surface area contributed by atoms with E-state index in [1.54, 1.807) is 11.8 Å². The van der Waals surface area contributed by atoms with Crippen LogP contribution in [0.1, 0.15) is 16.8 Å². The van der Waals surface area contributed by atoms with Crippen LogP contribution < -0.4 is 5.46 Å². The van der Waals surface area contributed by atoms with E-state index in [0.29, 0.717) is 12.2 Å². The number of rotatable bonds is 0. The number of hydrogen-bond donors (Lipinski definition) is 0. The lowest BCUT2D eigenvalue weighted by Crippen LogP contribution is -2.12. The van der Waals surface area contributed by atoms with Gasteiger partial charge in [0, 0.05) is 22.6 Å². The topological polar surface area (TPSA) is 17.1 Å². The first-order chi connectivity index (χ1) is 5.77. The van der Waals surface area contributed by atoms with Crippen molar-refractivity contribution in [2.75, 3.05) is 5.75 Å². The molecule has 0 saturated carbocycles. The Balaban J connectivity index is 2.53. The number of benzene rings is 1. The third kappa shape index (κ3) is 1.29. The highest BCUT2D eigenvalue weighted by Gasteiger charge is 2.16. The first kappa shape index (κ1) is 7.93. The molecule has 1 aromatic rings. The summed E-state index contributed by atoms with van der Waals surface area (Å²) >= 11 is 1.79. The molecule has 1 heterocycles. The molecule has 1 aromatic carbocycles. The zero-order valence-electron chi connectivity index (χ0n) is 6.96. The number of thioether (sulfide) groups is 1. The molecule has 0 amide bonds. The molecule has 1 nitrogen and oxygen atoms in total. The third-order valence-corrected chi connectivity index (χ3v) is 3.08. The summed E-state index contributed by atoms with van der Waals surface area (Å²) < 4.78 is 0. The first-order valence-electron chi connectivity index (χ1n) is 4.04. The van der Waals surface area contributed by atoms with E-state index in [1.165, 1.54) is 5.46 Å². The number of carbonyl (C=O) groups excluding carboxylic acids is 1. The number of carbonyl (C=O) groups is 1. The molecule has 0 aliphatic carbocycles. The summed E-state index contributed by atoms with van der Waals surface area (Å²) in [6.07, 6.45) is 0.695. The minimum atomic E-state index is 0.295. The molecule has 0 aromatic heterocycles. The van der Waals surface area contributed by atoms with Crippen LogP contribution in [0.3, 0.4) is 0 Å². The lowest BCUT2D eigenvalue weighted by Gasteiger charge is -2.13. The summed E-state index contributed by atoms with van der Waals surface area (Å²) in [7, 11) is 2.06. The van der Waals surface area contributed by atoms with Gasteiger partial charge in [-0.15, -0.1) is 11.8 Å². The SMILES string of the molecule is Bc1ccc2c(c1)SCCC2=O. The zero-order valence-corrected chi connectivity index (χ0v) is 7.78. The zero-order chi connectivity index (χ0) is 8.55. The smallest absolute Gasteiger partial charge is 0.164 e. The molecule has 2 rings (SSSR count). The van der Waals surface area contributed by atoms with Crippen molar-refractivity contribution in [3.8, 4) is 0 Å². The van der Waals surface area contributed by atoms with Gasteiger partial charge in [0.1, 0.15) is 7.85 Å². The molecule has 12 heavy (non-hydrogen) atoms. The second kappa shape index (κ2) is 2.98. The fourth-order valence-corrected chi connectivity index (χ4v) is 2.48. The molecular formula is C9H9BOS. The summed E-state index contributed by atoms with van der Waals surface area (Å²) in [5.74, 6) is 1.23. The maximum Gasteiger partial charge on any atom is 0.164 e. The van der Waals surface area contributed by atoms with E-state index >= 15 is 0 Å². The van der Waals surface area contributed by atoms with Crippen molar-refractivity contribution in [3.05, 3.63) is 23.8 Å². The van der Waals surface area contributed by atoms with Gasteiger partial charge in [0.15, 0.2) is 5.78 Å². The van der Waals surface area contributed by atoms with Gasteiger partial charge in [0.2, 0.25) is 0 Å². The summed E-state index contributed by atoms with van der Waals surface area (Å²) in [6.45, 7) is 0. The summed E-state index contributed by atoms with van der Waals surface area (Å²) in [4.78, 5) is 12.5. The van der Waals surface area contributed by atoms with Crippen LogP contribution in [-0.2, 0) is 0 Å². The fourth-order valence-electron chi connectivity index (χ4n) is 1.37. The Hall–Kier alpha value is -0.695. The molecule has 1 aliphatic rings. The minimum absolute atomic E-state index is 0.295. The predicted octanol–water partition coefficient (Wildman–Crippen LogP) is 0.624. The highest BCUT2D eigenvalue weighted by molar-refractivity contribution is 7.99. The molecule has 0 unspecified atom stereocenters.